The van der Waals surface area contributed by atoms with E-state index >= 15 is 0 Å². The highest BCUT2D eigenvalue weighted by Gasteiger charge is 1.94. The van der Waals surface area contributed by atoms with E-state index in [0.29, 0.717) is 0 Å². The molecule has 0 bridgehead atoms. The summed E-state index contributed by atoms with van der Waals surface area (Å²) in [7, 11) is 0. The average molecular weight is 151 g/mol. The smallest absolute Gasteiger partial charge is 0.0832 e. The maximum absolute atomic E-state index is 8.86. The molecule has 2 heteroatoms. The largest absolute Gasteiger partial charge is 0.390 e. The summed E-state index contributed by atoms with van der Waals surface area (Å²) < 4.78 is 2.01. The number of hydrogen-bond donors (Lipinski definition) is 1. The van der Waals surface area contributed by atoms with E-state index in [0.717, 1.165) is 12.2 Å². The molecule has 0 spiro atoms. The van der Waals surface area contributed by atoms with Crippen molar-refractivity contribution in [1.82, 2.24) is 4.57 Å². The van der Waals surface area contributed by atoms with Gasteiger partial charge in [-0.25, -0.2) is 0 Å². The van der Waals surface area contributed by atoms with Gasteiger partial charge in [0.15, 0.2) is 0 Å². The minimum absolute atomic E-state index is 0.116. The number of rotatable bonds is 3. The van der Waals surface area contributed by atoms with Gasteiger partial charge in [0.1, 0.15) is 0 Å². The second-order valence-corrected chi connectivity index (χ2v) is 2.38. The van der Waals surface area contributed by atoms with Crippen LogP contribution >= 0.6 is 0 Å². The second kappa shape index (κ2) is 3.98. The Hall–Kier alpha value is -1.02. The summed E-state index contributed by atoms with van der Waals surface area (Å²) in [5, 5.41) is 8.86. The first-order chi connectivity index (χ1) is 5.38. The van der Waals surface area contributed by atoms with Crippen LogP contribution in [0.2, 0.25) is 0 Å². The summed E-state index contributed by atoms with van der Waals surface area (Å²) in [6.45, 7) is 2.95. The molecule has 1 heterocycles. The summed E-state index contributed by atoms with van der Waals surface area (Å²) in [6.07, 6.45) is 6.02. The lowest BCUT2D eigenvalue weighted by atomic mass is 10.4. The van der Waals surface area contributed by atoms with E-state index in [1.807, 2.05) is 35.9 Å². The molecular formula is C9H13NO. The Bertz CT molecular complexity index is 237. The topological polar surface area (TPSA) is 25.2 Å². The number of aliphatic hydroxyl groups excluding tert-OH is 1. The zero-order valence-corrected chi connectivity index (χ0v) is 6.70. The van der Waals surface area contributed by atoms with Crippen LogP contribution < -0.4 is 0 Å². The van der Waals surface area contributed by atoms with Crippen LogP contribution in [0.25, 0.3) is 0 Å². The second-order valence-electron chi connectivity index (χ2n) is 2.38. The summed E-state index contributed by atoms with van der Waals surface area (Å²) in [5.74, 6) is 0. The molecule has 2 nitrogen and oxygen atoms in total. The molecule has 0 aromatic carbocycles. The quantitative estimate of drug-likeness (QED) is 0.651. The standard InChI is InChI=1S/C9H13NO/c1-2-3-6-10-7-4-5-9(10)8-11/h2-5,7,11H,6,8H2,1H3. The fraction of sp³-hybridized carbons (Fsp3) is 0.333. The van der Waals surface area contributed by atoms with E-state index in [9.17, 15) is 0 Å². The third-order valence-corrected chi connectivity index (χ3v) is 1.62. The number of aromatic nitrogens is 1. The van der Waals surface area contributed by atoms with Gasteiger partial charge >= 0.3 is 0 Å². The molecule has 0 aliphatic heterocycles. The first-order valence-electron chi connectivity index (χ1n) is 3.74. The van der Waals surface area contributed by atoms with Gasteiger partial charge in [-0.05, 0) is 19.1 Å². The van der Waals surface area contributed by atoms with Gasteiger partial charge in [-0.2, -0.15) is 0 Å². The minimum Gasteiger partial charge on any atom is -0.390 e. The zero-order valence-electron chi connectivity index (χ0n) is 6.70. The maximum atomic E-state index is 8.86. The molecule has 11 heavy (non-hydrogen) atoms. The molecule has 1 aromatic heterocycles. The fourth-order valence-electron chi connectivity index (χ4n) is 0.990. The van der Waals surface area contributed by atoms with E-state index in [1.54, 1.807) is 0 Å². The first-order valence-corrected chi connectivity index (χ1v) is 3.74. The van der Waals surface area contributed by atoms with Crippen molar-refractivity contribution in [2.24, 2.45) is 0 Å². The van der Waals surface area contributed by atoms with Crippen LogP contribution in [0.4, 0.5) is 0 Å². The molecule has 0 radical (unpaired) electrons. The molecule has 0 aliphatic rings. The van der Waals surface area contributed by atoms with Crippen molar-refractivity contribution in [2.45, 2.75) is 20.1 Å². The Balaban J connectivity index is 2.68. The Morgan fingerprint density at radius 1 is 1.64 bits per heavy atom. The van der Waals surface area contributed by atoms with Gasteiger partial charge in [0.25, 0.3) is 0 Å². The highest BCUT2D eigenvalue weighted by molar-refractivity contribution is 5.06. The SMILES string of the molecule is CC=CCn1cccc1CO. The predicted molar refractivity (Wildman–Crippen MR) is 45.2 cm³/mol. The van der Waals surface area contributed by atoms with Gasteiger partial charge in [-0.15, -0.1) is 0 Å². The van der Waals surface area contributed by atoms with Crippen LogP contribution in [0.1, 0.15) is 12.6 Å². The van der Waals surface area contributed by atoms with Crippen LogP contribution in [-0.2, 0) is 13.2 Å². The van der Waals surface area contributed by atoms with Crippen molar-refractivity contribution < 1.29 is 5.11 Å². The van der Waals surface area contributed by atoms with Crippen molar-refractivity contribution in [1.29, 1.82) is 0 Å². The highest BCUT2D eigenvalue weighted by Crippen LogP contribution is 2.01. The summed E-state index contributed by atoms with van der Waals surface area (Å²) in [4.78, 5) is 0. The van der Waals surface area contributed by atoms with Gasteiger partial charge in [0, 0.05) is 18.4 Å². The van der Waals surface area contributed by atoms with Gasteiger partial charge in [-0.3, -0.25) is 0 Å². The van der Waals surface area contributed by atoms with Crippen molar-refractivity contribution in [3.8, 4) is 0 Å². The molecule has 0 fully saturated rings. The van der Waals surface area contributed by atoms with Crippen molar-refractivity contribution in [2.75, 3.05) is 0 Å². The molecular weight excluding hydrogens is 138 g/mol. The summed E-state index contributed by atoms with van der Waals surface area (Å²) in [5.41, 5.74) is 0.961. The Kier molecular flexibility index (Phi) is 2.93. The molecule has 0 aliphatic carbocycles. The van der Waals surface area contributed by atoms with Crippen molar-refractivity contribution >= 4 is 0 Å². The number of aliphatic hydroxyl groups is 1. The lowest BCUT2D eigenvalue weighted by Crippen LogP contribution is -1.98. The number of nitrogens with zero attached hydrogens (tertiary/aromatic N) is 1. The van der Waals surface area contributed by atoms with E-state index in [-0.39, 0.29) is 6.61 Å². The first kappa shape index (κ1) is 8.08. The van der Waals surface area contributed by atoms with Crippen molar-refractivity contribution in [3.63, 3.8) is 0 Å². The average Bonchev–Trinajstić information content (AvgIpc) is 2.47. The number of allylic oxidation sites excluding steroid dienone is 2. The molecule has 0 amide bonds. The van der Waals surface area contributed by atoms with Crippen LogP contribution in [0, 0.1) is 0 Å². The molecule has 1 aromatic rings. The van der Waals surface area contributed by atoms with E-state index < -0.39 is 0 Å². The van der Waals surface area contributed by atoms with Crippen molar-refractivity contribution in [3.05, 3.63) is 36.2 Å². The zero-order chi connectivity index (χ0) is 8.10. The van der Waals surface area contributed by atoms with Crippen LogP contribution in [-0.4, -0.2) is 9.67 Å². The van der Waals surface area contributed by atoms with Gasteiger partial charge < -0.3 is 9.67 Å². The third kappa shape index (κ3) is 1.95. The molecule has 0 saturated carbocycles. The number of hydrogen-bond acceptors (Lipinski definition) is 1. The van der Waals surface area contributed by atoms with E-state index in [4.69, 9.17) is 5.11 Å². The minimum atomic E-state index is 0.116. The maximum Gasteiger partial charge on any atom is 0.0832 e. The van der Waals surface area contributed by atoms with Gasteiger partial charge in [0.05, 0.1) is 6.61 Å². The lowest BCUT2D eigenvalue weighted by Gasteiger charge is -2.01. The summed E-state index contributed by atoms with van der Waals surface area (Å²) >= 11 is 0. The molecule has 0 unspecified atom stereocenters. The van der Waals surface area contributed by atoms with Crippen LogP contribution in [0.15, 0.2) is 30.5 Å². The van der Waals surface area contributed by atoms with Crippen LogP contribution in [0.5, 0.6) is 0 Å². The lowest BCUT2D eigenvalue weighted by molar-refractivity contribution is 0.272. The summed E-state index contributed by atoms with van der Waals surface area (Å²) in [6, 6.07) is 3.86. The monoisotopic (exact) mass is 151 g/mol. The van der Waals surface area contributed by atoms with Gasteiger partial charge in [-0.1, -0.05) is 12.2 Å². The molecule has 0 saturated heterocycles. The Labute approximate surface area is 66.8 Å². The normalized spacial score (nSPS) is 11.1. The van der Waals surface area contributed by atoms with E-state index in [2.05, 4.69) is 6.08 Å². The predicted octanol–water partition coefficient (Wildman–Crippen LogP) is 1.56. The van der Waals surface area contributed by atoms with E-state index in [1.165, 1.54) is 0 Å². The molecule has 1 rings (SSSR count). The molecule has 60 valence electrons. The molecule has 1 N–H and O–H groups in total. The Morgan fingerprint density at radius 3 is 3.09 bits per heavy atom. The van der Waals surface area contributed by atoms with Gasteiger partial charge in [0.2, 0.25) is 0 Å². The third-order valence-electron chi connectivity index (χ3n) is 1.62. The molecule has 0 atom stereocenters. The fourth-order valence-corrected chi connectivity index (χ4v) is 0.990. The highest BCUT2D eigenvalue weighted by atomic mass is 16.3. The Morgan fingerprint density at radius 2 is 2.45 bits per heavy atom. The van der Waals surface area contributed by atoms with Crippen LogP contribution in [0.3, 0.4) is 0 Å².